The Morgan fingerprint density at radius 3 is 2.21 bits per heavy atom. The molecule has 6 heteroatoms. The number of aryl methyl sites for hydroxylation is 1. The van der Waals surface area contributed by atoms with Crippen molar-refractivity contribution in [1.82, 2.24) is 0 Å². The van der Waals surface area contributed by atoms with Crippen molar-refractivity contribution < 1.29 is 24.5 Å². The zero-order valence-electron chi connectivity index (χ0n) is 15.1. The molecular weight excluding hydrogens is 310 g/mol. The van der Waals surface area contributed by atoms with Gasteiger partial charge in [0.1, 0.15) is 30.3 Å². The fraction of sp³-hybridized carbons (Fsp3) is 0.611. The molecule has 1 rings (SSSR count). The number of hydrogen-bond donors (Lipinski definition) is 2. The summed E-state index contributed by atoms with van der Waals surface area (Å²) in [6.07, 6.45) is -2.55. The molecule has 24 heavy (non-hydrogen) atoms. The van der Waals surface area contributed by atoms with Gasteiger partial charge in [-0.3, -0.25) is 0 Å². The van der Waals surface area contributed by atoms with Gasteiger partial charge < -0.3 is 24.5 Å². The maximum Gasteiger partial charge on any atom is 0.151 e. The zero-order valence-corrected chi connectivity index (χ0v) is 15.1. The van der Waals surface area contributed by atoms with Crippen LogP contribution in [0.4, 0.5) is 0 Å². The van der Waals surface area contributed by atoms with Crippen molar-refractivity contribution >= 4 is 5.71 Å². The molecule has 0 unspecified atom stereocenters. The fourth-order valence-electron chi connectivity index (χ4n) is 2.21. The van der Waals surface area contributed by atoms with Crippen LogP contribution in [0, 0.1) is 12.8 Å². The van der Waals surface area contributed by atoms with E-state index in [9.17, 15) is 10.2 Å². The molecule has 1 aromatic carbocycles. The number of aliphatic hydroxyl groups is 2. The topological polar surface area (TPSA) is 80.5 Å². The van der Waals surface area contributed by atoms with Gasteiger partial charge in [-0.25, -0.2) is 0 Å². The van der Waals surface area contributed by atoms with E-state index in [4.69, 9.17) is 14.3 Å². The Morgan fingerprint density at radius 1 is 1.08 bits per heavy atom. The van der Waals surface area contributed by atoms with Crippen LogP contribution in [0.2, 0.25) is 0 Å². The van der Waals surface area contributed by atoms with Crippen molar-refractivity contribution in [3.05, 3.63) is 29.8 Å². The predicted octanol–water partition coefficient (Wildman–Crippen LogP) is 2.16. The van der Waals surface area contributed by atoms with Crippen LogP contribution in [-0.2, 0) is 9.57 Å². The molecule has 0 amide bonds. The van der Waals surface area contributed by atoms with Gasteiger partial charge in [0, 0.05) is 7.11 Å². The Morgan fingerprint density at radius 2 is 1.71 bits per heavy atom. The van der Waals surface area contributed by atoms with Gasteiger partial charge in [0.2, 0.25) is 0 Å². The monoisotopic (exact) mass is 339 g/mol. The van der Waals surface area contributed by atoms with Gasteiger partial charge in [0.25, 0.3) is 0 Å². The van der Waals surface area contributed by atoms with E-state index in [1.54, 1.807) is 0 Å². The first-order valence-corrected chi connectivity index (χ1v) is 8.15. The standard InChI is InChI=1S/C18H29NO5/c1-12(2)18(22-5)16(17(21)14(4)20)19-24-11-10-23-15-8-6-13(3)7-9-15/h6-9,12,14,17-18,20-21H,10-11H2,1-5H3/b19-16+/t14-,17+,18+/m1/s1. The van der Waals surface area contributed by atoms with Gasteiger partial charge in [-0.1, -0.05) is 36.7 Å². The summed E-state index contributed by atoms with van der Waals surface area (Å²) in [6.45, 7) is 7.94. The lowest BCUT2D eigenvalue weighted by molar-refractivity contribution is 0.0417. The molecule has 0 aliphatic rings. The highest BCUT2D eigenvalue weighted by molar-refractivity contribution is 5.92. The van der Waals surface area contributed by atoms with Crippen LogP contribution in [0.3, 0.4) is 0 Å². The highest BCUT2D eigenvalue weighted by atomic mass is 16.6. The minimum Gasteiger partial charge on any atom is -0.490 e. The second-order valence-corrected chi connectivity index (χ2v) is 6.10. The molecule has 0 aliphatic carbocycles. The lowest BCUT2D eigenvalue weighted by Gasteiger charge is -2.25. The van der Waals surface area contributed by atoms with Crippen molar-refractivity contribution in [3.63, 3.8) is 0 Å². The fourth-order valence-corrected chi connectivity index (χ4v) is 2.21. The molecule has 0 heterocycles. The van der Waals surface area contributed by atoms with Crippen molar-refractivity contribution in [3.8, 4) is 5.75 Å². The molecule has 6 nitrogen and oxygen atoms in total. The largest absolute Gasteiger partial charge is 0.490 e. The molecule has 3 atom stereocenters. The van der Waals surface area contributed by atoms with Crippen LogP contribution in [-0.4, -0.2) is 54.6 Å². The minimum atomic E-state index is -1.14. The third kappa shape index (κ3) is 6.47. The number of nitrogens with zero attached hydrogens (tertiary/aromatic N) is 1. The van der Waals surface area contributed by atoms with E-state index < -0.39 is 18.3 Å². The predicted molar refractivity (Wildman–Crippen MR) is 93.4 cm³/mol. The number of benzene rings is 1. The summed E-state index contributed by atoms with van der Waals surface area (Å²) in [6, 6.07) is 7.72. The third-order valence-corrected chi connectivity index (χ3v) is 3.55. The average Bonchev–Trinajstić information content (AvgIpc) is 2.54. The van der Waals surface area contributed by atoms with Crippen LogP contribution in [0.1, 0.15) is 26.3 Å². The Balaban J connectivity index is 2.58. The van der Waals surface area contributed by atoms with Gasteiger partial charge >= 0.3 is 0 Å². The summed E-state index contributed by atoms with van der Waals surface area (Å²) >= 11 is 0. The van der Waals surface area contributed by atoms with Crippen LogP contribution < -0.4 is 4.74 Å². The maximum atomic E-state index is 10.1. The van der Waals surface area contributed by atoms with E-state index in [0.717, 1.165) is 5.75 Å². The number of aliphatic hydroxyl groups excluding tert-OH is 2. The number of oxime groups is 1. The first-order chi connectivity index (χ1) is 11.4. The first-order valence-electron chi connectivity index (χ1n) is 8.15. The number of rotatable bonds is 10. The van der Waals surface area contributed by atoms with Crippen LogP contribution in [0.15, 0.2) is 29.4 Å². The number of ether oxygens (including phenoxy) is 2. The second-order valence-electron chi connectivity index (χ2n) is 6.10. The van der Waals surface area contributed by atoms with Gasteiger partial charge in [-0.15, -0.1) is 0 Å². The van der Waals surface area contributed by atoms with Gasteiger partial charge in [-0.05, 0) is 31.9 Å². The van der Waals surface area contributed by atoms with Crippen molar-refractivity contribution in [2.75, 3.05) is 20.3 Å². The number of hydrogen-bond acceptors (Lipinski definition) is 6. The minimum absolute atomic E-state index is 0.0783. The quantitative estimate of drug-likeness (QED) is 0.388. The van der Waals surface area contributed by atoms with Gasteiger partial charge in [0.15, 0.2) is 6.61 Å². The van der Waals surface area contributed by atoms with E-state index in [-0.39, 0.29) is 18.2 Å². The summed E-state index contributed by atoms with van der Waals surface area (Å²) in [7, 11) is 1.54. The molecule has 0 saturated carbocycles. The van der Waals surface area contributed by atoms with Gasteiger partial charge in [0.05, 0.1) is 6.10 Å². The molecule has 136 valence electrons. The summed E-state index contributed by atoms with van der Waals surface area (Å²) in [4.78, 5) is 5.26. The van der Waals surface area contributed by atoms with E-state index in [0.29, 0.717) is 6.61 Å². The molecular formula is C18H29NO5. The molecule has 0 aliphatic heterocycles. The van der Waals surface area contributed by atoms with Crippen LogP contribution in [0.5, 0.6) is 5.75 Å². The Labute approximate surface area is 144 Å². The van der Waals surface area contributed by atoms with E-state index >= 15 is 0 Å². The molecule has 1 aromatic rings. The van der Waals surface area contributed by atoms with Crippen LogP contribution >= 0.6 is 0 Å². The lowest BCUT2D eigenvalue weighted by Crippen LogP contribution is -2.42. The molecule has 0 aromatic heterocycles. The molecule has 0 saturated heterocycles. The van der Waals surface area contributed by atoms with E-state index in [1.165, 1.54) is 19.6 Å². The summed E-state index contributed by atoms with van der Waals surface area (Å²) in [5.74, 6) is 0.837. The molecule has 0 bridgehead atoms. The lowest BCUT2D eigenvalue weighted by atomic mass is 9.96. The Hall–Kier alpha value is -1.63. The Kier molecular flexibility index (Phi) is 8.74. The van der Waals surface area contributed by atoms with Crippen molar-refractivity contribution in [2.24, 2.45) is 11.1 Å². The SMILES string of the molecule is CO[C@H](/C(=N/OCCOc1ccc(C)cc1)[C@@H](O)[C@@H](C)O)C(C)C. The first kappa shape index (κ1) is 20.4. The summed E-state index contributed by atoms with van der Waals surface area (Å²) < 4.78 is 10.9. The number of methoxy groups -OCH3 is 1. The average molecular weight is 339 g/mol. The zero-order chi connectivity index (χ0) is 18.1. The maximum absolute atomic E-state index is 10.1. The molecule has 0 radical (unpaired) electrons. The second kappa shape index (κ2) is 10.3. The molecule has 0 spiro atoms. The van der Waals surface area contributed by atoms with E-state index in [1.807, 2.05) is 45.0 Å². The van der Waals surface area contributed by atoms with Gasteiger partial charge in [-0.2, -0.15) is 0 Å². The van der Waals surface area contributed by atoms with Crippen molar-refractivity contribution in [2.45, 2.75) is 46.0 Å². The summed E-state index contributed by atoms with van der Waals surface area (Å²) in [5.41, 5.74) is 1.44. The Bertz CT molecular complexity index is 499. The molecule has 0 fully saturated rings. The normalized spacial score (nSPS) is 15.9. The third-order valence-electron chi connectivity index (χ3n) is 3.55. The summed E-state index contributed by atoms with van der Waals surface area (Å²) in [5, 5.41) is 23.7. The smallest absolute Gasteiger partial charge is 0.151 e. The highest BCUT2D eigenvalue weighted by Gasteiger charge is 2.29. The van der Waals surface area contributed by atoms with Crippen LogP contribution in [0.25, 0.3) is 0 Å². The highest BCUT2D eigenvalue weighted by Crippen LogP contribution is 2.14. The van der Waals surface area contributed by atoms with E-state index in [2.05, 4.69) is 5.16 Å². The van der Waals surface area contributed by atoms with Crippen molar-refractivity contribution in [1.29, 1.82) is 0 Å². The molecule has 2 N–H and O–H groups in total.